The predicted octanol–water partition coefficient (Wildman–Crippen LogP) is 3.28. The summed E-state index contributed by atoms with van der Waals surface area (Å²) in [7, 11) is 0. The Hall–Kier alpha value is -3.15. The summed E-state index contributed by atoms with van der Waals surface area (Å²) in [6, 6.07) is 12.5. The van der Waals surface area contributed by atoms with Crippen LogP contribution in [0.4, 0.5) is 11.4 Å². The molecule has 24 heavy (non-hydrogen) atoms. The summed E-state index contributed by atoms with van der Waals surface area (Å²) in [5.74, 6) is 0.341. The molecule has 122 valence electrons. The number of rotatable bonds is 4. The highest BCUT2D eigenvalue weighted by Gasteiger charge is 2.07. The summed E-state index contributed by atoms with van der Waals surface area (Å²) in [6.07, 6.45) is 0.246. The van der Waals surface area contributed by atoms with Gasteiger partial charge in [0.05, 0.1) is 6.42 Å². The fourth-order valence-corrected chi connectivity index (χ4v) is 2.42. The van der Waals surface area contributed by atoms with E-state index in [1.54, 1.807) is 37.3 Å². The van der Waals surface area contributed by atoms with Gasteiger partial charge in [0.2, 0.25) is 11.8 Å². The number of benzene rings is 2. The maximum absolute atomic E-state index is 12.2. The van der Waals surface area contributed by atoms with E-state index in [1.807, 2.05) is 12.1 Å². The first-order valence-electron chi connectivity index (χ1n) is 7.53. The van der Waals surface area contributed by atoms with Gasteiger partial charge in [-0.1, -0.05) is 12.1 Å². The second-order valence-electron chi connectivity index (χ2n) is 5.52. The number of fused-ring (bicyclic) bond motifs is 1. The molecule has 0 aliphatic heterocycles. The Kier molecular flexibility index (Phi) is 4.29. The van der Waals surface area contributed by atoms with E-state index in [2.05, 4.69) is 15.6 Å². The maximum Gasteiger partial charge on any atom is 0.228 e. The average molecular weight is 323 g/mol. The van der Waals surface area contributed by atoms with Crippen molar-refractivity contribution in [3.05, 3.63) is 53.9 Å². The smallest absolute Gasteiger partial charge is 0.228 e. The Morgan fingerprint density at radius 3 is 2.46 bits per heavy atom. The quantitative estimate of drug-likeness (QED) is 0.772. The van der Waals surface area contributed by atoms with Crippen molar-refractivity contribution in [1.29, 1.82) is 0 Å². The zero-order valence-corrected chi connectivity index (χ0v) is 13.4. The van der Waals surface area contributed by atoms with Crippen LogP contribution in [0.3, 0.4) is 0 Å². The molecule has 1 heterocycles. The zero-order chi connectivity index (χ0) is 17.1. The number of nitrogens with zero attached hydrogens (tertiary/aromatic N) is 1. The van der Waals surface area contributed by atoms with Crippen LogP contribution in [0.1, 0.15) is 18.4 Å². The van der Waals surface area contributed by atoms with E-state index in [9.17, 15) is 9.59 Å². The van der Waals surface area contributed by atoms with Gasteiger partial charge in [-0.15, -0.1) is 0 Å². The third-order valence-electron chi connectivity index (χ3n) is 3.42. The lowest BCUT2D eigenvalue weighted by Gasteiger charge is -2.06. The lowest BCUT2D eigenvalue weighted by molar-refractivity contribution is -0.116. The van der Waals surface area contributed by atoms with Crippen LogP contribution in [0, 0.1) is 6.92 Å². The molecule has 0 saturated heterocycles. The number of hydrogen-bond acceptors (Lipinski definition) is 4. The molecule has 0 atom stereocenters. The number of nitrogens with one attached hydrogen (secondary N) is 2. The molecule has 0 aliphatic carbocycles. The molecule has 0 bridgehead atoms. The number of oxazole rings is 1. The van der Waals surface area contributed by atoms with Gasteiger partial charge in [0.15, 0.2) is 11.5 Å². The molecule has 3 rings (SSSR count). The first kappa shape index (κ1) is 15.7. The second kappa shape index (κ2) is 6.54. The lowest BCUT2D eigenvalue weighted by atomic mass is 10.1. The molecular weight excluding hydrogens is 306 g/mol. The minimum atomic E-state index is -0.126. The first-order valence-corrected chi connectivity index (χ1v) is 7.53. The Balaban J connectivity index is 1.64. The topological polar surface area (TPSA) is 84.2 Å². The zero-order valence-electron chi connectivity index (χ0n) is 13.4. The van der Waals surface area contributed by atoms with E-state index >= 15 is 0 Å². The molecule has 6 heteroatoms. The highest BCUT2D eigenvalue weighted by Crippen LogP contribution is 2.20. The summed E-state index contributed by atoms with van der Waals surface area (Å²) < 4.78 is 5.41. The highest BCUT2D eigenvalue weighted by atomic mass is 16.3. The van der Waals surface area contributed by atoms with Crippen molar-refractivity contribution in [1.82, 2.24) is 4.98 Å². The highest BCUT2D eigenvalue weighted by molar-refractivity contribution is 5.94. The van der Waals surface area contributed by atoms with Crippen molar-refractivity contribution < 1.29 is 14.0 Å². The summed E-state index contributed by atoms with van der Waals surface area (Å²) in [5.41, 5.74) is 3.65. The summed E-state index contributed by atoms with van der Waals surface area (Å²) in [6.45, 7) is 3.23. The van der Waals surface area contributed by atoms with Gasteiger partial charge < -0.3 is 15.1 Å². The Morgan fingerprint density at radius 1 is 1.04 bits per heavy atom. The third-order valence-corrected chi connectivity index (χ3v) is 3.42. The van der Waals surface area contributed by atoms with E-state index < -0.39 is 0 Å². The van der Waals surface area contributed by atoms with Crippen molar-refractivity contribution in [2.45, 2.75) is 20.3 Å². The fraction of sp³-hybridized carbons (Fsp3) is 0.167. The van der Waals surface area contributed by atoms with Gasteiger partial charge in [-0.05, 0) is 35.9 Å². The monoisotopic (exact) mass is 323 g/mol. The number of hydrogen-bond donors (Lipinski definition) is 2. The van der Waals surface area contributed by atoms with Crippen molar-refractivity contribution in [3.63, 3.8) is 0 Å². The molecule has 0 radical (unpaired) electrons. The van der Waals surface area contributed by atoms with E-state index in [4.69, 9.17) is 4.42 Å². The van der Waals surface area contributed by atoms with Gasteiger partial charge in [-0.25, -0.2) is 4.98 Å². The Bertz CT molecular complexity index is 898. The summed E-state index contributed by atoms with van der Waals surface area (Å²) in [5, 5.41) is 5.54. The second-order valence-corrected chi connectivity index (χ2v) is 5.52. The number of anilines is 2. The molecule has 2 aromatic carbocycles. The molecular formula is C18H17N3O3. The van der Waals surface area contributed by atoms with Gasteiger partial charge >= 0.3 is 0 Å². The van der Waals surface area contributed by atoms with Crippen LogP contribution in [0.25, 0.3) is 11.1 Å². The molecule has 6 nitrogen and oxygen atoms in total. The molecule has 0 saturated carbocycles. The van der Waals surface area contributed by atoms with Crippen LogP contribution in [0.15, 0.2) is 46.9 Å². The van der Waals surface area contributed by atoms with Gasteiger partial charge in [-0.3, -0.25) is 9.59 Å². The number of carbonyl (C=O) groups excluding carboxylic acids is 2. The Morgan fingerprint density at radius 2 is 1.75 bits per heavy atom. The first-order chi connectivity index (χ1) is 11.5. The average Bonchev–Trinajstić information content (AvgIpc) is 2.88. The van der Waals surface area contributed by atoms with Crippen LogP contribution in [-0.4, -0.2) is 16.8 Å². The van der Waals surface area contributed by atoms with E-state index in [1.165, 1.54) is 6.92 Å². The number of carbonyl (C=O) groups is 2. The van der Waals surface area contributed by atoms with E-state index in [0.717, 1.165) is 5.56 Å². The van der Waals surface area contributed by atoms with Crippen molar-refractivity contribution >= 4 is 34.3 Å². The predicted molar refractivity (Wildman–Crippen MR) is 91.8 cm³/mol. The third kappa shape index (κ3) is 3.78. The molecule has 0 fully saturated rings. The molecule has 0 aliphatic rings. The maximum atomic E-state index is 12.2. The summed E-state index contributed by atoms with van der Waals surface area (Å²) >= 11 is 0. The molecule has 2 amide bonds. The van der Waals surface area contributed by atoms with Gasteiger partial charge in [0, 0.05) is 25.2 Å². The fourth-order valence-electron chi connectivity index (χ4n) is 2.42. The standard InChI is InChI=1S/C18H17N3O3/c1-11(22)19-14-5-3-13(4-6-14)9-18(23)21-15-7-8-17-16(10-15)20-12(2)24-17/h3-8,10H,9H2,1-2H3,(H,19,22)(H,21,23). The lowest BCUT2D eigenvalue weighted by Crippen LogP contribution is -2.14. The van der Waals surface area contributed by atoms with Crippen LogP contribution >= 0.6 is 0 Å². The van der Waals surface area contributed by atoms with Crippen LogP contribution in [-0.2, 0) is 16.0 Å². The molecule has 0 unspecified atom stereocenters. The van der Waals surface area contributed by atoms with Crippen LogP contribution < -0.4 is 10.6 Å². The number of aryl methyl sites for hydroxylation is 1. The molecule has 2 N–H and O–H groups in total. The van der Waals surface area contributed by atoms with Gasteiger partial charge in [0.25, 0.3) is 0 Å². The largest absolute Gasteiger partial charge is 0.441 e. The summed E-state index contributed by atoms with van der Waals surface area (Å²) in [4.78, 5) is 27.4. The van der Waals surface area contributed by atoms with Gasteiger partial charge in [0.1, 0.15) is 5.52 Å². The number of aromatic nitrogens is 1. The SMILES string of the molecule is CC(=O)Nc1ccc(CC(=O)Nc2ccc3oc(C)nc3c2)cc1. The molecule has 0 spiro atoms. The molecule has 1 aromatic heterocycles. The van der Waals surface area contributed by atoms with Crippen molar-refractivity contribution in [2.24, 2.45) is 0 Å². The molecule has 3 aromatic rings. The van der Waals surface area contributed by atoms with E-state index in [-0.39, 0.29) is 18.2 Å². The van der Waals surface area contributed by atoms with E-state index in [0.29, 0.717) is 28.4 Å². The minimum Gasteiger partial charge on any atom is -0.441 e. The van der Waals surface area contributed by atoms with Crippen LogP contribution in [0.5, 0.6) is 0 Å². The minimum absolute atomic E-state index is 0.123. The van der Waals surface area contributed by atoms with Gasteiger partial charge in [-0.2, -0.15) is 0 Å². The number of amides is 2. The van der Waals surface area contributed by atoms with Crippen molar-refractivity contribution in [3.8, 4) is 0 Å². The van der Waals surface area contributed by atoms with Crippen LogP contribution in [0.2, 0.25) is 0 Å². The normalized spacial score (nSPS) is 10.6. The Labute approximate surface area is 138 Å². The van der Waals surface area contributed by atoms with Crippen molar-refractivity contribution in [2.75, 3.05) is 10.6 Å².